The van der Waals surface area contributed by atoms with Crippen LogP contribution in [0.5, 0.6) is 0 Å². The Morgan fingerprint density at radius 1 is 1.38 bits per heavy atom. The smallest absolute Gasteiger partial charge is 0.186 e. The fourth-order valence-electron chi connectivity index (χ4n) is 3.13. The van der Waals surface area contributed by atoms with Crippen molar-refractivity contribution in [3.05, 3.63) is 10.6 Å². The van der Waals surface area contributed by atoms with E-state index < -0.39 is 0 Å². The van der Waals surface area contributed by atoms with Crippen LogP contribution in [0, 0.1) is 5.92 Å². The Labute approximate surface area is 131 Å². The Hall–Kier alpha value is -0.650. The first kappa shape index (κ1) is 15.3. The highest BCUT2D eigenvalue weighted by atomic mass is 32.1. The summed E-state index contributed by atoms with van der Waals surface area (Å²) in [6.45, 7) is 7.36. The number of aromatic nitrogens is 1. The molecular formula is C16H27N3OS. The number of rotatable bonds is 7. The zero-order chi connectivity index (χ0) is 14.8. The summed E-state index contributed by atoms with van der Waals surface area (Å²) in [4.78, 5) is 8.77. The van der Waals surface area contributed by atoms with Crippen molar-refractivity contribution in [1.82, 2.24) is 10.3 Å². The lowest BCUT2D eigenvalue weighted by Crippen LogP contribution is -2.33. The fourth-order valence-corrected chi connectivity index (χ4v) is 4.23. The van der Waals surface area contributed by atoms with Crippen molar-refractivity contribution in [1.29, 1.82) is 0 Å². The fraction of sp³-hybridized carbons (Fsp3) is 0.812. The second-order valence-electron chi connectivity index (χ2n) is 6.60. The van der Waals surface area contributed by atoms with Gasteiger partial charge in [-0.2, -0.15) is 0 Å². The third kappa shape index (κ3) is 3.58. The Morgan fingerprint density at radius 3 is 2.86 bits per heavy atom. The van der Waals surface area contributed by atoms with Gasteiger partial charge in [0.2, 0.25) is 0 Å². The Kier molecular flexibility index (Phi) is 4.82. The molecule has 0 amide bonds. The molecule has 1 saturated carbocycles. The molecule has 3 rings (SSSR count). The number of ether oxygens (including phenoxy) is 1. The lowest BCUT2D eigenvalue weighted by atomic mass is 10.0. The van der Waals surface area contributed by atoms with E-state index in [4.69, 9.17) is 9.72 Å². The van der Waals surface area contributed by atoms with Crippen molar-refractivity contribution in [2.24, 2.45) is 5.92 Å². The van der Waals surface area contributed by atoms with E-state index in [9.17, 15) is 0 Å². The minimum absolute atomic E-state index is 0.623. The standard InChI is InChI=1S/C16H27N3OS/c1-11(2)14-5-4-8-19(14)16-18-13(10-20-3)15(21-16)9-17-12-6-7-12/h11-12,14,17H,4-10H2,1-3H3. The summed E-state index contributed by atoms with van der Waals surface area (Å²) in [5, 5.41) is 4.81. The molecule has 2 aliphatic rings. The van der Waals surface area contributed by atoms with Crippen LogP contribution in [0.1, 0.15) is 50.1 Å². The number of nitrogens with zero attached hydrogens (tertiary/aromatic N) is 2. The van der Waals surface area contributed by atoms with Gasteiger partial charge in [0.05, 0.1) is 12.3 Å². The van der Waals surface area contributed by atoms with E-state index >= 15 is 0 Å². The molecule has 1 aromatic heterocycles. The van der Waals surface area contributed by atoms with Crippen LogP contribution in [0.2, 0.25) is 0 Å². The number of methoxy groups -OCH3 is 1. The van der Waals surface area contributed by atoms with Crippen LogP contribution < -0.4 is 10.2 Å². The molecule has 1 N–H and O–H groups in total. The van der Waals surface area contributed by atoms with Gasteiger partial charge in [0.1, 0.15) is 0 Å². The Balaban J connectivity index is 1.75. The Morgan fingerprint density at radius 2 is 2.19 bits per heavy atom. The summed E-state index contributed by atoms with van der Waals surface area (Å²) in [6.07, 6.45) is 5.24. The van der Waals surface area contributed by atoms with Gasteiger partial charge in [-0.25, -0.2) is 4.98 Å². The van der Waals surface area contributed by atoms with Crippen LogP contribution in [0.3, 0.4) is 0 Å². The van der Waals surface area contributed by atoms with Gasteiger partial charge < -0.3 is 15.0 Å². The van der Waals surface area contributed by atoms with Crippen LogP contribution in [-0.2, 0) is 17.9 Å². The summed E-state index contributed by atoms with van der Waals surface area (Å²) >= 11 is 1.86. The van der Waals surface area contributed by atoms with Gasteiger partial charge in [0.25, 0.3) is 0 Å². The van der Waals surface area contributed by atoms with Crippen LogP contribution in [0.4, 0.5) is 5.13 Å². The van der Waals surface area contributed by atoms with Crippen LogP contribution in [-0.4, -0.2) is 30.7 Å². The molecule has 1 unspecified atom stereocenters. The SMILES string of the molecule is COCc1nc(N2CCCC2C(C)C)sc1CNC1CC1. The zero-order valence-corrected chi connectivity index (χ0v) is 14.2. The molecule has 0 spiro atoms. The highest BCUT2D eigenvalue weighted by molar-refractivity contribution is 7.15. The molecule has 5 heteroatoms. The normalized spacial score (nSPS) is 22.5. The van der Waals surface area contributed by atoms with Gasteiger partial charge in [0, 0.05) is 37.2 Å². The van der Waals surface area contributed by atoms with Gasteiger partial charge >= 0.3 is 0 Å². The first-order valence-corrected chi connectivity index (χ1v) is 8.98. The number of hydrogen-bond acceptors (Lipinski definition) is 5. The molecule has 118 valence electrons. The molecule has 0 radical (unpaired) electrons. The lowest BCUT2D eigenvalue weighted by Gasteiger charge is -2.27. The minimum atomic E-state index is 0.623. The topological polar surface area (TPSA) is 37.4 Å². The predicted octanol–water partition coefficient (Wildman–Crippen LogP) is 3.17. The molecule has 21 heavy (non-hydrogen) atoms. The summed E-state index contributed by atoms with van der Waals surface area (Å²) < 4.78 is 5.34. The molecule has 1 aliphatic heterocycles. The zero-order valence-electron chi connectivity index (χ0n) is 13.4. The number of nitrogens with one attached hydrogen (secondary N) is 1. The summed E-state index contributed by atoms with van der Waals surface area (Å²) in [7, 11) is 1.75. The van der Waals surface area contributed by atoms with E-state index in [1.807, 2.05) is 11.3 Å². The summed E-state index contributed by atoms with van der Waals surface area (Å²) in [6, 6.07) is 1.39. The molecular weight excluding hydrogens is 282 g/mol. The van der Waals surface area contributed by atoms with E-state index in [2.05, 4.69) is 24.1 Å². The van der Waals surface area contributed by atoms with Crippen molar-refractivity contribution in [2.45, 2.75) is 64.8 Å². The minimum Gasteiger partial charge on any atom is -0.378 e. The molecule has 0 aromatic carbocycles. The highest BCUT2D eigenvalue weighted by Crippen LogP contribution is 2.35. The molecule has 0 bridgehead atoms. The lowest BCUT2D eigenvalue weighted by molar-refractivity contribution is 0.181. The highest BCUT2D eigenvalue weighted by Gasteiger charge is 2.30. The molecule has 1 aliphatic carbocycles. The van der Waals surface area contributed by atoms with E-state index in [1.165, 1.54) is 35.7 Å². The molecule has 1 saturated heterocycles. The van der Waals surface area contributed by atoms with Crippen LogP contribution in [0.15, 0.2) is 0 Å². The predicted molar refractivity (Wildman–Crippen MR) is 87.9 cm³/mol. The Bertz CT molecular complexity index is 470. The third-order valence-electron chi connectivity index (χ3n) is 4.49. The van der Waals surface area contributed by atoms with Crippen molar-refractivity contribution >= 4 is 16.5 Å². The van der Waals surface area contributed by atoms with Crippen molar-refractivity contribution in [3.8, 4) is 0 Å². The second kappa shape index (κ2) is 6.63. The van der Waals surface area contributed by atoms with Gasteiger partial charge in [-0.05, 0) is 31.6 Å². The maximum Gasteiger partial charge on any atom is 0.186 e. The van der Waals surface area contributed by atoms with Gasteiger partial charge in [-0.15, -0.1) is 11.3 Å². The second-order valence-corrected chi connectivity index (χ2v) is 7.66. The van der Waals surface area contributed by atoms with Crippen molar-refractivity contribution < 1.29 is 4.74 Å². The van der Waals surface area contributed by atoms with Gasteiger partial charge in [-0.3, -0.25) is 0 Å². The quantitative estimate of drug-likeness (QED) is 0.839. The number of anilines is 1. The number of thiazole rings is 1. The number of hydrogen-bond donors (Lipinski definition) is 1. The molecule has 2 heterocycles. The average molecular weight is 309 g/mol. The molecule has 1 aromatic rings. The van der Waals surface area contributed by atoms with Crippen LogP contribution in [0.25, 0.3) is 0 Å². The molecule has 1 atom stereocenters. The average Bonchev–Trinajstić information content (AvgIpc) is 3.00. The molecule has 4 nitrogen and oxygen atoms in total. The van der Waals surface area contributed by atoms with Gasteiger partial charge in [0.15, 0.2) is 5.13 Å². The summed E-state index contributed by atoms with van der Waals surface area (Å²) in [5.41, 5.74) is 1.13. The van der Waals surface area contributed by atoms with E-state index in [1.54, 1.807) is 7.11 Å². The largest absolute Gasteiger partial charge is 0.378 e. The first-order valence-electron chi connectivity index (χ1n) is 8.16. The first-order chi connectivity index (χ1) is 10.2. The van der Waals surface area contributed by atoms with Crippen molar-refractivity contribution in [3.63, 3.8) is 0 Å². The third-order valence-corrected chi connectivity index (χ3v) is 5.63. The maximum absolute atomic E-state index is 5.34. The van der Waals surface area contributed by atoms with E-state index in [-0.39, 0.29) is 0 Å². The van der Waals surface area contributed by atoms with Crippen molar-refractivity contribution in [2.75, 3.05) is 18.6 Å². The van der Waals surface area contributed by atoms with E-state index in [0.717, 1.165) is 24.8 Å². The van der Waals surface area contributed by atoms with Gasteiger partial charge in [-0.1, -0.05) is 13.8 Å². The monoisotopic (exact) mass is 309 g/mol. The van der Waals surface area contributed by atoms with Crippen LogP contribution >= 0.6 is 11.3 Å². The summed E-state index contributed by atoms with van der Waals surface area (Å²) in [5.74, 6) is 0.690. The van der Waals surface area contributed by atoms with E-state index in [0.29, 0.717) is 18.6 Å². The molecule has 2 fully saturated rings. The maximum atomic E-state index is 5.34.